The molecule has 0 aliphatic heterocycles. The molecule has 2 heterocycles. The van der Waals surface area contributed by atoms with Crippen LogP contribution >= 0.6 is 7.60 Å². The van der Waals surface area contributed by atoms with E-state index in [9.17, 15) is 14.2 Å². The van der Waals surface area contributed by atoms with Crippen molar-refractivity contribution in [3.05, 3.63) is 45.0 Å². The Labute approximate surface area is 150 Å². The number of aromatic nitrogens is 5. The summed E-state index contributed by atoms with van der Waals surface area (Å²) in [6.07, 6.45) is 4.93. The molecule has 0 fully saturated rings. The summed E-state index contributed by atoms with van der Waals surface area (Å²) in [4.78, 5) is 24.9. The minimum atomic E-state index is -3.00. The average molecular weight is 385 g/mol. The Morgan fingerprint density at radius 1 is 1.19 bits per heavy atom. The van der Waals surface area contributed by atoms with Crippen molar-refractivity contribution < 1.29 is 13.6 Å². The monoisotopic (exact) mass is 385 g/mol. The summed E-state index contributed by atoms with van der Waals surface area (Å²) >= 11 is 0. The number of unbranched alkanes of at least 4 members (excludes halogenated alkanes) is 1. The van der Waals surface area contributed by atoms with E-state index in [2.05, 4.69) is 15.3 Å². The lowest BCUT2D eigenvalue weighted by molar-refractivity contribution is 0.219. The first kappa shape index (κ1) is 20.3. The van der Waals surface area contributed by atoms with E-state index < -0.39 is 18.8 Å². The summed E-state index contributed by atoms with van der Waals surface area (Å²) in [7, 11) is -3.00. The average Bonchev–Trinajstić information content (AvgIpc) is 3.02. The summed E-state index contributed by atoms with van der Waals surface area (Å²) in [5, 5.41) is 8.03. The highest BCUT2D eigenvalue weighted by molar-refractivity contribution is 7.53. The van der Waals surface area contributed by atoms with Gasteiger partial charge in [-0.25, -0.2) is 4.79 Å². The third-order valence-corrected chi connectivity index (χ3v) is 5.70. The summed E-state index contributed by atoms with van der Waals surface area (Å²) < 4.78 is 25.9. The maximum absolute atomic E-state index is 12.4. The molecule has 0 bridgehead atoms. The molecule has 26 heavy (non-hydrogen) atoms. The number of rotatable bonds is 11. The van der Waals surface area contributed by atoms with Crippen LogP contribution in [0.2, 0.25) is 0 Å². The van der Waals surface area contributed by atoms with E-state index in [1.54, 1.807) is 24.7 Å². The van der Waals surface area contributed by atoms with Crippen LogP contribution in [0.25, 0.3) is 0 Å². The van der Waals surface area contributed by atoms with Gasteiger partial charge in [0.1, 0.15) is 5.69 Å². The van der Waals surface area contributed by atoms with E-state index >= 15 is 0 Å². The fourth-order valence-corrected chi connectivity index (χ4v) is 4.13. The molecule has 1 N–H and O–H groups in total. The standard InChI is InChI=1S/C15H24N5O5P/c1-3-24-26(23,25-4-2)10-6-5-8-20-12-13(17-18-20)11-19-9-7-14(21)16-15(19)22/h7,9,12H,3-6,8,10-11H2,1-2H3,(H,16,21,22). The highest BCUT2D eigenvalue weighted by atomic mass is 31.2. The molecule has 0 aliphatic rings. The Morgan fingerprint density at radius 3 is 2.58 bits per heavy atom. The molecule has 2 aromatic heterocycles. The van der Waals surface area contributed by atoms with Crippen molar-refractivity contribution in [2.24, 2.45) is 0 Å². The maximum Gasteiger partial charge on any atom is 0.330 e. The van der Waals surface area contributed by atoms with E-state index in [0.717, 1.165) is 6.42 Å². The Bertz CT molecular complexity index is 848. The Morgan fingerprint density at radius 2 is 1.92 bits per heavy atom. The molecule has 11 heteroatoms. The van der Waals surface area contributed by atoms with Gasteiger partial charge in [-0.3, -0.25) is 23.6 Å². The largest absolute Gasteiger partial charge is 0.330 e. The van der Waals surface area contributed by atoms with Crippen LogP contribution in [0.15, 0.2) is 28.0 Å². The molecule has 2 rings (SSSR count). The van der Waals surface area contributed by atoms with Gasteiger partial charge < -0.3 is 9.05 Å². The summed E-state index contributed by atoms with van der Waals surface area (Å²) in [5.41, 5.74) is -0.325. The highest BCUT2D eigenvalue weighted by Crippen LogP contribution is 2.48. The molecular formula is C15H24N5O5P. The smallest absolute Gasteiger partial charge is 0.309 e. The number of aromatic amines is 1. The van der Waals surface area contributed by atoms with Gasteiger partial charge in [0.05, 0.1) is 32.1 Å². The van der Waals surface area contributed by atoms with Crippen LogP contribution < -0.4 is 11.2 Å². The van der Waals surface area contributed by atoms with E-state index in [1.165, 1.54) is 16.8 Å². The number of nitrogens with one attached hydrogen (secondary N) is 1. The van der Waals surface area contributed by atoms with Crippen molar-refractivity contribution in [1.82, 2.24) is 24.5 Å². The van der Waals surface area contributed by atoms with Gasteiger partial charge >= 0.3 is 13.3 Å². The van der Waals surface area contributed by atoms with Crippen molar-refractivity contribution in [3.63, 3.8) is 0 Å². The Balaban J connectivity index is 1.84. The molecule has 0 aromatic carbocycles. The third kappa shape index (κ3) is 6.05. The molecule has 0 unspecified atom stereocenters. The van der Waals surface area contributed by atoms with Crippen molar-refractivity contribution in [2.75, 3.05) is 19.4 Å². The summed E-state index contributed by atoms with van der Waals surface area (Å²) in [5.74, 6) is 0. The quantitative estimate of drug-likeness (QED) is 0.456. The van der Waals surface area contributed by atoms with Crippen LogP contribution in [0.5, 0.6) is 0 Å². The first-order chi connectivity index (χ1) is 12.5. The molecule has 0 saturated carbocycles. The second-order valence-electron chi connectivity index (χ2n) is 5.59. The van der Waals surface area contributed by atoms with Gasteiger partial charge in [-0.05, 0) is 26.7 Å². The second kappa shape index (κ2) is 9.61. The van der Waals surface area contributed by atoms with Crippen LogP contribution in [0.3, 0.4) is 0 Å². The lowest BCUT2D eigenvalue weighted by atomic mass is 10.3. The summed E-state index contributed by atoms with van der Waals surface area (Å²) in [6.45, 7) is 5.11. The number of H-pyrrole nitrogens is 1. The van der Waals surface area contributed by atoms with Crippen LogP contribution in [-0.4, -0.2) is 43.9 Å². The zero-order valence-corrected chi connectivity index (χ0v) is 15.9. The molecule has 0 radical (unpaired) electrons. The van der Waals surface area contributed by atoms with Gasteiger partial charge in [-0.1, -0.05) is 5.21 Å². The zero-order chi connectivity index (χ0) is 19.0. The van der Waals surface area contributed by atoms with Crippen molar-refractivity contribution in [2.45, 2.75) is 39.8 Å². The fraction of sp³-hybridized carbons (Fsp3) is 0.600. The van der Waals surface area contributed by atoms with Crippen LogP contribution in [0, 0.1) is 0 Å². The maximum atomic E-state index is 12.4. The molecule has 0 aliphatic carbocycles. The molecule has 0 amide bonds. The van der Waals surface area contributed by atoms with Crippen LogP contribution in [0.4, 0.5) is 0 Å². The van der Waals surface area contributed by atoms with Crippen LogP contribution in [-0.2, 0) is 26.7 Å². The van der Waals surface area contributed by atoms with Crippen LogP contribution in [0.1, 0.15) is 32.4 Å². The van der Waals surface area contributed by atoms with Gasteiger partial charge in [-0.2, -0.15) is 0 Å². The minimum Gasteiger partial charge on any atom is -0.309 e. The second-order valence-corrected chi connectivity index (χ2v) is 7.77. The number of aryl methyl sites for hydroxylation is 1. The molecule has 0 atom stereocenters. The van der Waals surface area contributed by atoms with Crippen molar-refractivity contribution in [3.8, 4) is 0 Å². The van der Waals surface area contributed by atoms with E-state index in [0.29, 0.717) is 38.0 Å². The first-order valence-electron chi connectivity index (χ1n) is 8.52. The Kier molecular flexibility index (Phi) is 7.50. The Hall–Kier alpha value is -2.03. The number of hydrogen-bond acceptors (Lipinski definition) is 7. The molecule has 0 saturated heterocycles. The van der Waals surface area contributed by atoms with E-state index in [-0.39, 0.29) is 6.54 Å². The van der Waals surface area contributed by atoms with Gasteiger partial charge in [0.25, 0.3) is 5.56 Å². The fourth-order valence-electron chi connectivity index (χ4n) is 2.40. The topological polar surface area (TPSA) is 121 Å². The lowest BCUT2D eigenvalue weighted by Crippen LogP contribution is -2.28. The SMILES string of the molecule is CCOP(=O)(CCCCn1cc(Cn2ccc(=O)[nH]c2=O)nn1)OCC. The highest BCUT2D eigenvalue weighted by Gasteiger charge is 2.22. The number of nitrogens with zero attached hydrogens (tertiary/aromatic N) is 4. The summed E-state index contributed by atoms with van der Waals surface area (Å²) in [6, 6.07) is 1.28. The van der Waals surface area contributed by atoms with Gasteiger partial charge in [0.2, 0.25) is 0 Å². The molecule has 10 nitrogen and oxygen atoms in total. The molecular weight excluding hydrogens is 361 g/mol. The van der Waals surface area contributed by atoms with Gasteiger partial charge in [0.15, 0.2) is 0 Å². The first-order valence-corrected chi connectivity index (χ1v) is 10.3. The minimum absolute atomic E-state index is 0.222. The van der Waals surface area contributed by atoms with E-state index in [1.807, 2.05) is 0 Å². The van der Waals surface area contributed by atoms with Gasteiger partial charge in [0, 0.05) is 18.8 Å². The molecule has 2 aromatic rings. The molecule has 144 valence electrons. The van der Waals surface area contributed by atoms with E-state index in [4.69, 9.17) is 9.05 Å². The molecule has 0 spiro atoms. The van der Waals surface area contributed by atoms with Gasteiger partial charge in [-0.15, -0.1) is 5.10 Å². The predicted molar refractivity (Wildman–Crippen MR) is 95.4 cm³/mol. The zero-order valence-electron chi connectivity index (χ0n) is 15.0. The van der Waals surface area contributed by atoms with Crippen molar-refractivity contribution >= 4 is 7.60 Å². The third-order valence-electron chi connectivity index (χ3n) is 3.54. The lowest BCUT2D eigenvalue weighted by Gasteiger charge is -2.16. The predicted octanol–water partition coefficient (Wildman–Crippen LogP) is 1.22. The normalized spacial score (nSPS) is 11.8. The van der Waals surface area contributed by atoms with Crippen molar-refractivity contribution in [1.29, 1.82) is 0 Å². The number of hydrogen-bond donors (Lipinski definition) is 1.